The minimum absolute atomic E-state index is 0.301. The summed E-state index contributed by atoms with van der Waals surface area (Å²) in [6, 6.07) is 0. The summed E-state index contributed by atoms with van der Waals surface area (Å²) >= 11 is 0. The lowest BCUT2D eigenvalue weighted by atomic mass is 10.2. The number of hydrogen-bond acceptors (Lipinski definition) is 4. The first kappa shape index (κ1) is 15.5. The van der Waals surface area contributed by atoms with E-state index < -0.39 is 6.10 Å². The monoisotopic (exact) mass is 294 g/mol. The van der Waals surface area contributed by atoms with Crippen molar-refractivity contribution in [3.8, 4) is 0 Å². The van der Waals surface area contributed by atoms with Gasteiger partial charge in [0.05, 0.1) is 12.4 Å². The fourth-order valence-corrected chi connectivity index (χ4v) is 2.47. The Morgan fingerprint density at radius 3 is 2.67 bits per heavy atom. The second-order valence-electron chi connectivity index (χ2n) is 5.40. The number of aliphatic hydroxyl groups is 1. The lowest BCUT2D eigenvalue weighted by Crippen LogP contribution is -2.39. The molecule has 0 aromatic carbocycles. The van der Waals surface area contributed by atoms with Crippen molar-refractivity contribution in [2.24, 2.45) is 7.05 Å². The van der Waals surface area contributed by atoms with E-state index in [-0.39, 0.29) is 11.2 Å². The highest BCUT2D eigenvalue weighted by molar-refractivity contribution is 5.69. The second kappa shape index (κ2) is 6.26. The molecule has 0 spiro atoms. The molecule has 21 heavy (non-hydrogen) atoms. The van der Waals surface area contributed by atoms with Crippen LogP contribution in [0.2, 0.25) is 0 Å². The highest BCUT2D eigenvalue weighted by atomic mass is 16.3. The summed E-state index contributed by atoms with van der Waals surface area (Å²) in [5.41, 5.74) is 0.228. The van der Waals surface area contributed by atoms with Gasteiger partial charge >= 0.3 is 5.69 Å². The molecule has 0 saturated heterocycles. The molecule has 2 heterocycles. The molecule has 7 heteroatoms. The van der Waals surface area contributed by atoms with Gasteiger partial charge in [-0.25, -0.2) is 9.78 Å². The van der Waals surface area contributed by atoms with Gasteiger partial charge in [-0.05, 0) is 26.2 Å². The van der Waals surface area contributed by atoms with Crippen LogP contribution in [0.1, 0.15) is 33.1 Å². The molecule has 0 aliphatic rings. The van der Waals surface area contributed by atoms with E-state index in [4.69, 9.17) is 0 Å². The number of aromatic nitrogens is 4. The van der Waals surface area contributed by atoms with Crippen molar-refractivity contribution < 1.29 is 5.11 Å². The SMILES string of the molecule is CCCn1cnc2c1c(=O)n(CCCC(C)O)c(=O)n2C. The van der Waals surface area contributed by atoms with Gasteiger partial charge in [-0.1, -0.05) is 6.92 Å². The van der Waals surface area contributed by atoms with Crippen LogP contribution in [0.15, 0.2) is 15.9 Å². The molecule has 116 valence electrons. The number of hydrogen-bond donors (Lipinski definition) is 1. The molecule has 0 aliphatic carbocycles. The van der Waals surface area contributed by atoms with Crippen molar-refractivity contribution in [3.63, 3.8) is 0 Å². The summed E-state index contributed by atoms with van der Waals surface area (Å²) in [5.74, 6) is 0. The molecular weight excluding hydrogens is 272 g/mol. The standard InChI is InChI=1S/C14H22N4O3/c1-4-7-17-9-15-12-11(17)13(20)18(14(21)16(12)3)8-5-6-10(2)19/h9-10,19H,4-8H2,1-3H3. The summed E-state index contributed by atoms with van der Waals surface area (Å²) in [6.07, 6.45) is 3.20. The third-order valence-electron chi connectivity index (χ3n) is 3.57. The Balaban J connectivity index is 2.52. The number of rotatable bonds is 6. The normalized spacial score (nSPS) is 13.0. The summed E-state index contributed by atoms with van der Waals surface area (Å²) in [7, 11) is 1.62. The molecule has 1 unspecified atom stereocenters. The van der Waals surface area contributed by atoms with Crippen LogP contribution in [0.5, 0.6) is 0 Å². The van der Waals surface area contributed by atoms with Crippen LogP contribution in [0.4, 0.5) is 0 Å². The molecular formula is C14H22N4O3. The van der Waals surface area contributed by atoms with Crippen molar-refractivity contribution in [1.29, 1.82) is 0 Å². The molecule has 0 aliphatic heterocycles. The van der Waals surface area contributed by atoms with Crippen molar-refractivity contribution in [2.75, 3.05) is 0 Å². The zero-order valence-electron chi connectivity index (χ0n) is 12.7. The highest BCUT2D eigenvalue weighted by Gasteiger charge is 2.15. The average Bonchev–Trinajstić information content (AvgIpc) is 2.84. The molecule has 0 amide bonds. The predicted octanol–water partition coefficient (Wildman–Crippen LogP) is 0.468. The van der Waals surface area contributed by atoms with E-state index in [0.717, 1.165) is 6.42 Å². The van der Waals surface area contributed by atoms with Gasteiger partial charge in [0.1, 0.15) is 0 Å². The number of imidazole rings is 1. The van der Waals surface area contributed by atoms with Gasteiger partial charge in [0.25, 0.3) is 5.56 Å². The van der Waals surface area contributed by atoms with Crippen LogP contribution < -0.4 is 11.2 Å². The Kier molecular flexibility index (Phi) is 4.62. The van der Waals surface area contributed by atoms with Gasteiger partial charge in [0, 0.05) is 20.1 Å². The van der Waals surface area contributed by atoms with Crippen LogP contribution in [-0.4, -0.2) is 29.9 Å². The van der Waals surface area contributed by atoms with Crippen LogP contribution in [-0.2, 0) is 20.1 Å². The molecule has 1 atom stereocenters. The first-order valence-electron chi connectivity index (χ1n) is 7.30. The Labute approximate surface area is 122 Å². The molecule has 1 N–H and O–H groups in total. The molecule has 2 rings (SSSR count). The average molecular weight is 294 g/mol. The first-order chi connectivity index (χ1) is 9.97. The van der Waals surface area contributed by atoms with E-state index in [1.807, 2.05) is 6.92 Å². The van der Waals surface area contributed by atoms with E-state index in [0.29, 0.717) is 37.1 Å². The summed E-state index contributed by atoms with van der Waals surface area (Å²) in [4.78, 5) is 29.0. The van der Waals surface area contributed by atoms with Crippen LogP contribution >= 0.6 is 0 Å². The highest BCUT2D eigenvalue weighted by Crippen LogP contribution is 2.07. The Bertz CT molecular complexity index is 739. The Morgan fingerprint density at radius 1 is 1.33 bits per heavy atom. The lowest BCUT2D eigenvalue weighted by molar-refractivity contribution is 0.179. The first-order valence-corrected chi connectivity index (χ1v) is 7.30. The van der Waals surface area contributed by atoms with Crippen LogP contribution in [0, 0.1) is 0 Å². The molecule has 0 fully saturated rings. The maximum absolute atomic E-state index is 12.6. The van der Waals surface area contributed by atoms with E-state index in [9.17, 15) is 14.7 Å². The maximum atomic E-state index is 12.6. The topological polar surface area (TPSA) is 82.1 Å². The van der Waals surface area contributed by atoms with E-state index in [1.54, 1.807) is 24.9 Å². The molecule has 2 aromatic heterocycles. The lowest BCUT2D eigenvalue weighted by Gasteiger charge is -2.10. The van der Waals surface area contributed by atoms with Crippen molar-refractivity contribution in [1.82, 2.24) is 18.7 Å². The minimum Gasteiger partial charge on any atom is -0.393 e. The van der Waals surface area contributed by atoms with Gasteiger partial charge in [-0.15, -0.1) is 0 Å². The van der Waals surface area contributed by atoms with E-state index >= 15 is 0 Å². The molecule has 0 radical (unpaired) electrons. The fraction of sp³-hybridized carbons (Fsp3) is 0.643. The van der Waals surface area contributed by atoms with Gasteiger partial charge in [0.15, 0.2) is 11.2 Å². The molecule has 0 saturated carbocycles. The summed E-state index contributed by atoms with van der Waals surface area (Å²) in [6.45, 7) is 4.72. The van der Waals surface area contributed by atoms with E-state index in [1.165, 1.54) is 9.13 Å². The zero-order chi connectivity index (χ0) is 15.6. The smallest absolute Gasteiger partial charge is 0.332 e. The second-order valence-corrected chi connectivity index (χ2v) is 5.40. The Morgan fingerprint density at radius 2 is 2.05 bits per heavy atom. The third kappa shape index (κ3) is 2.92. The number of aryl methyl sites for hydroxylation is 2. The Hall–Kier alpha value is -1.89. The zero-order valence-corrected chi connectivity index (χ0v) is 12.7. The van der Waals surface area contributed by atoms with Gasteiger partial charge in [0.2, 0.25) is 0 Å². The van der Waals surface area contributed by atoms with Gasteiger partial charge < -0.3 is 9.67 Å². The van der Waals surface area contributed by atoms with E-state index in [2.05, 4.69) is 4.98 Å². The van der Waals surface area contributed by atoms with Gasteiger partial charge in [-0.3, -0.25) is 13.9 Å². The summed E-state index contributed by atoms with van der Waals surface area (Å²) in [5, 5.41) is 9.29. The molecule has 2 aromatic rings. The fourth-order valence-electron chi connectivity index (χ4n) is 2.47. The van der Waals surface area contributed by atoms with Crippen molar-refractivity contribution >= 4 is 11.2 Å². The van der Waals surface area contributed by atoms with Gasteiger partial charge in [-0.2, -0.15) is 0 Å². The maximum Gasteiger partial charge on any atom is 0.332 e. The van der Waals surface area contributed by atoms with Crippen LogP contribution in [0.3, 0.4) is 0 Å². The minimum atomic E-state index is -0.432. The number of fused-ring (bicyclic) bond motifs is 1. The number of aliphatic hydroxyl groups excluding tert-OH is 1. The third-order valence-corrected chi connectivity index (χ3v) is 3.57. The van der Waals surface area contributed by atoms with Crippen molar-refractivity contribution in [2.45, 2.75) is 52.3 Å². The largest absolute Gasteiger partial charge is 0.393 e. The predicted molar refractivity (Wildman–Crippen MR) is 80.4 cm³/mol. The number of nitrogens with zero attached hydrogens (tertiary/aromatic N) is 4. The van der Waals surface area contributed by atoms with Crippen molar-refractivity contribution in [3.05, 3.63) is 27.2 Å². The molecule has 7 nitrogen and oxygen atoms in total. The molecule has 0 bridgehead atoms. The quantitative estimate of drug-likeness (QED) is 0.839. The van der Waals surface area contributed by atoms with Crippen LogP contribution in [0.25, 0.3) is 11.2 Å². The summed E-state index contributed by atoms with van der Waals surface area (Å²) < 4.78 is 4.44.